The minimum atomic E-state index is 0.263. The van der Waals surface area contributed by atoms with E-state index in [1.807, 2.05) is 0 Å². The van der Waals surface area contributed by atoms with Crippen molar-refractivity contribution in [2.75, 3.05) is 33.0 Å². The second-order valence-corrected chi connectivity index (χ2v) is 3.92. The highest BCUT2D eigenvalue weighted by atomic mass is 16.6. The van der Waals surface area contributed by atoms with Crippen LogP contribution in [0.15, 0.2) is 0 Å². The normalized spacial score (nSPS) is 31.5. The molecule has 2 saturated heterocycles. The molecule has 0 radical (unpaired) electrons. The molecule has 0 aromatic carbocycles. The molecular weight excluding hydrogens is 184 g/mol. The zero-order chi connectivity index (χ0) is 9.80. The average Bonchev–Trinajstić information content (AvgIpc) is 3.02. The Hall–Kier alpha value is -0.160. The summed E-state index contributed by atoms with van der Waals surface area (Å²) in [6, 6.07) is 0. The van der Waals surface area contributed by atoms with Gasteiger partial charge in [-0.15, -0.1) is 0 Å². The third-order valence-corrected chi connectivity index (χ3v) is 2.34. The highest BCUT2D eigenvalue weighted by molar-refractivity contribution is 4.69. The van der Waals surface area contributed by atoms with Gasteiger partial charge >= 0.3 is 0 Å². The Kier molecular flexibility index (Phi) is 3.75. The van der Waals surface area contributed by atoms with Crippen molar-refractivity contribution in [3.63, 3.8) is 0 Å². The van der Waals surface area contributed by atoms with Gasteiger partial charge in [0, 0.05) is 6.61 Å². The molecule has 0 aliphatic carbocycles. The summed E-state index contributed by atoms with van der Waals surface area (Å²) in [6.45, 7) is 6.02. The smallest absolute Gasteiger partial charge is 0.104 e. The van der Waals surface area contributed by atoms with Gasteiger partial charge in [0.15, 0.2) is 0 Å². The Bertz CT molecular complexity index is 166. The Morgan fingerprint density at radius 1 is 1.21 bits per heavy atom. The molecule has 3 atom stereocenters. The van der Waals surface area contributed by atoms with E-state index in [9.17, 15) is 0 Å². The quantitative estimate of drug-likeness (QED) is 0.427. The molecule has 4 nitrogen and oxygen atoms in total. The first-order chi connectivity index (χ1) is 6.84. The molecule has 0 aromatic heterocycles. The summed E-state index contributed by atoms with van der Waals surface area (Å²) in [5.41, 5.74) is 0. The Morgan fingerprint density at radius 3 is 2.50 bits per heavy atom. The zero-order valence-electron chi connectivity index (χ0n) is 8.61. The zero-order valence-corrected chi connectivity index (χ0v) is 8.61. The van der Waals surface area contributed by atoms with E-state index in [0.717, 1.165) is 39.5 Å². The molecule has 2 aliphatic rings. The Labute approximate surface area is 84.5 Å². The lowest BCUT2D eigenvalue weighted by molar-refractivity contribution is 0.0221. The van der Waals surface area contributed by atoms with Crippen LogP contribution >= 0.6 is 0 Å². The van der Waals surface area contributed by atoms with Crippen LogP contribution in [0.1, 0.15) is 13.3 Å². The van der Waals surface area contributed by atoms with Crippen molar-refractivity contribution in [1.82, 2.24) is 0 Å². The van der Waals surface area contributed by atoms with Crippen LogP contribution < -0.4 is 0 Å². The van der Waals surface area contributed by atoms with Gasteiger partial charge in [0.2, 0.25) is 0 Å². The molecule has 0 amide bonds. The van der Waals surface area contributed by atoms with Crippen LogP contribution in [0.4, 0.5) is 0 Å². The summed E-state index contributed by atoms with van der Waals surface area (Å²) in [5.74, 6) is 0. The molecule has 0 N–H and O–H groups in total. The van der Waals surface area contributed by atoms with Gasteiger partial charge in [-0.1, -0.05) is 0 Å². The van der Waals surface area contributed by atoms with E-state index >= 15 is 0 Å². The van der Waals surface area contributed by atoms with Crippen molar-refractivity contribution in [2.24, 2.45) is 0 Å². The van der Waals surface area contributed by atoms with Crippen LogP contribution in [0.2, 0.25) is 0 Å². The fraction of sp³-hybridized carbons (Fsp3) is 1.00. The molecule has 0 spiro atoms. The van der Waals surface area contributed by atoms with E-state index in [4.69, 9.17) is 18.9 Å². The van der Waals surface area contributed by atoms with Crippen molar-refractivity contribution >= 4 is 0 Å². The molecule has 0 bridgehead atoms. The fourth-order valence-corrected chi connectivity index (χ4v) is 1.15. The van der Waals surface area contributed by atoms with Crippen molar-refractivity contribution in [3.8, 4) is 0 Å². The van der Waals surface area contributed by atoms with E-state index in [2.05, 4.69) is 6.92 Å². The molecule has 4 heteroatoms. The van der Waals surface area contributed by atoms with Gasteiger partial charge < -0.3 is 18.9 Å². The molecule has 0 unspecified atom stereocenters. The van der Waals surface area contributed by atoms with Gasteiger partial charge in [-0.25, -0.2) is 0 Å². The molecule has 0 aromatic rings. The second-order valence-electron chi connectivity index (χ2n) is 3.92. The Morgan fingerprint density at radius 2 is 1.86 bits per heavy atom. The van der Waals surface area contributed by atoms with Crippen molar-refractivity contribution in [2.45, 2.75) is 31.7 Å². The third kappa shape index (κ3) is 4.37. The monoisotopic (exact) mass is 202 g/mol. The van der Waals surface area contributed by atoms with Crippen LogP contribution in [-0.2, 0) is 18.9 Å². The SMILES string of the molecule is C[C@H](CCOC[C@@H]1CO1)OC[C@H]1CO1. The summed E-state index contributed by atoms with van der Waals surface area (Å²) in [6.07, 6.45) is 1.93. The van der Waals surface area contributed by atoms with Gasteiger partial charge in [0.25, 0.3) is 0 Å². The maximum Gasteiger partial charge on any atom is 0.104 e. The van der Waals surface area contributed by atoms with Gasteiger partial charge in [-0.05, 0) is 13.3 Å². The first-order valence-electron chi connectivity index (χ1n) is 5.27. The molecule has 82 valence electrons. The lowest BCUT2D eigenvalue weighted by Gasteiger charge is -2.11. The summed E-state index contributed by atoms with van der Waals surface area (Å²) >= 11 is 0. The van der Waals surface area contributed by atoms with Crippen molar-refractivity contribution in [3.05, 3.63) is 0 Å². The summed E-state index contributed by atoms with van der Waals surface area (Å²) < 4.78 is 21.0. The summed E-state index contributed by atoms with van der Waals surface area (Å²) in [5, 5.41) is 0. The molecule has 2 heterocycles. The largest absolute Gasteiger partial charge is 0.379 e. The van der Waals surface area contributed by atoms with Crippen LogP contribution in [0.5, 0.6) is 0 Å². The number of ether oxygens (including phenoxy) is 4. The van der Waals surface area contributed by atoms with Gasteiger partial charge in [-0.2, -0.15) is 0 Å². The first-order valence-corrected chi connectivity index (χ1v) is 5.27. The minimum absolute atomic E-state index is 0.263. The maximum absolute atomic E-state index is 5.55. The van der Waals surface area contributed by atoms with E-state index in [1.54, 1.807) is 0 Å². The predicted octanol–water partition coefficient (Wildman–Crippen LogP) is 0.596. The van der Waals surface area contributed by atoms with E-state index in [-0.39, 0.29) is 6.10 Å². The molecule has 2 aliphatic heterocycles. The van der Waals surface area contributed by atoms with E-state index in [1.165, 1.54) is 0 Å². The molecule has 2 fully saturated rings. The van der Waals surface area contributed by atoms with Gasteiger partial charge in [0.05, 0.1) is 32.5 Å². The van der Waals surface area contributed by atoms with E-state index in [0.29, 0.717) is 12.2 Å². The van der Waals surface area contributed by atoms with Crippen LogP contribution in [0.25, 0.3) is 0 Å². The maximum atomic E-state index is 5.55. The Balaban J connectivity index is 1.38. The topological polar surface area (TPSA) is 43.5 Å². The molecule has 2 rings (SSSR count). The molecule has 14 heavy (non-hydrogen) atoms. The van der Waals surface area contributed by atoms with Gasteiger partial charge in [-0.3, -0.25) is 0 Å². The van der Waals surface area contributed by atoms with Crippen LogP contribution in [0.3, 0.4) is 0 Å². The lowest BCUT2D eigenvalue weighted by atomic mass is 10.3. The predicted molar refractivity (Wildman–Crippen MR) is 50.3 cm³/mol. The van der Waals surface area contributed by atoms with Crippen molar-refractivity contribution in [1.29, 1.82) is 0 Å². The summed E-state index contributed by atoms with van der Waals surface area (Å²) in [4.78, 5) is 0. The van der Waals surface area contributed by atoms with E-state index < -0.39 is 0 Å². The second kappa shape index (κ2) is 5.07. The van der Waals surface area contributed by atoms with Crippen LogP contribution in [-0.4, -0.2) is 51.3 Å². The standard InChI is InChI=1S/C10H18O4/c1-8(12-5-10-7-14-10)2-3-11-4-9-6-13-9/h8-10H,2-7H2,1H3/t8-,9-,10+/m1/s1. The fourth-order valence-electron chi connectivity index (χ4n) is 1.15. The highest BCUT2D eigenvalue weighted by Crippen LogP contribution is 2.11. The third-order valence-electron chi connectivity index (χ3n) is 2.34. The van der Waals surface area contributed by atoms with Crippen LogP contribution in [0, 0.1) is 0 Å². The minimum Gasteiger partial charge on any atom is -0.379 e. The number of hydrogen-bond acceptors (Lipinski definition) is 4. The highest BCUT2D eigenvalue weighted by Gasteiger charge is 2.24. The van der Waals surface area contributed by atoms with Gasteiger partial charge in [0.1, 0.15) is 12.2 Å². The van der Waals surface area contributed by atoms with Crippen molar-refractivity contribution < 1.29 is 18.9 Å². The molecular formula is C10H18O4. The molecule has 0 saturated carbocycles. The lowest BCUT2D eigenvalue weighted by Crippen LogP contribution is -2.15. The number of hydrogen-bond donors (Lipinski definition) is 0. The average molecular weight is 202 g/mol. The number of rotatable bonds is 8. The number of epoxide rings is 2. The first kappa shape index (κ1) is 10.4. The summed E-state index contributed by atoms with van der Waals surface area (Å²) in [7, 11) is 0.